The third kappa shape index (κ3) is 5.39. The minimum atomic E-state index is -0.314. The Morgan fingerprint density at radius 3 is 2.46 bits per heavy atom. The lowest BCUT2D eigenvalue weighted by Gasteiger charge is -2.25. The molecule has 1 atom stereocenters. The molecule has 2 amide bonds. The van der Waals surface area contributed by atoms with Crippen LogP contribution in [0.1, 0.15) is 27.5 Å². The molecule has 1 unspecified atom stereocenters. The van der Waals surface area contributed by atoms with Crippen molar-refractivity contribution >= 4 is 11.8 Å². The van der Waals surface area contributed by atoms with Gasteiger partial charge in [0.1, 0.15) is 5.82 Å². The summed E-state index contributed by atoms with van der Waals surface area (Å²) < 4.78 is 13.4. The number of carbonyl (C=O) groups is 2. The van der Waals surface area contributed by atoms with Crippen molar-refractivity contribution in [2.75, 3.05) is 27.2 Å². The van der Waals surface area contributed by atoms with E-state index in [4.69, 9.17) is 0 Å². The molecular weight excluding hydrogens is 333 g/mol. The second-order valence-corrected chi connectivity index (χ2v) is 6.34. The molecule has 0 bridgehead atoms. The van der Waals surface area contributed by atoms with E-state index in [0.717, 1.165) is 11.1 Å². The first kappa shape index (κ1) is 19.6. The van der Waals surface area contributed by atoms with Crippen molar-refractivity contribution in [1.29, 1.82) is 0 Å². The Morgan fingerprint density at radius 1 is 1.08 bits per heavy atom. The normalized spacial score (nSPS) is 11.9. The van der Waals surface area contributed by atoms with Crippen molar-refractivity contribution in [1.82, 2.24) is 15.5 Å². The summed E-state index contributed by atoms with van der Waals surface area (Å²) in [4.78, 5) is 26.1. The van der Waals surface area contributed by atoms with Crippen LogP contribution in [-0.2, 0) is 4.79 Å². The largest absolute Gasteiger partial charge is 0.353 e. The van der Waals surface area contributed by atoms with Crippen LogP contribution >= 0.6 is 0 Å². The van der Waals surface area contributed by atoms with Gasteiger partial charge in [-0.2, -0.15) is 0 Å². The summed E-state index contributed by atoms with van der Waals surface area (Å²) in [7, 11) is 3.73. The third-order valence-electron chi connectivity index (χ3n) is 4.15. The third-order valence-corrected chi connectivity index (χ3v) is 4.15. The van der Waals surface area contributed by atoms with Gasteiger partial charge in [0.15, 0.2) is 0 Å². The first-order chi connectivity index (χ1) is 12.4. The Morgan fingerprint density at radius 2 is 1.81 bits per heavy atom. The number of benzene rings is 2. The van der Waals surface area contributed by atoms with Gasteiger partial charge in [-0.05, 0) is 50.3 Å². The van der Waals surface area contributed by atoms with Crippen molar-refractivity contribution in [3.63, 3.8) is 0 Å². The smallest absolute Gasteiger partial charge is 0.251 e. The van der Waals surface area contributed by atoms with E-state index in [1.807, 2.05) is 44.1 Å². The van der Waals surface area contributed by atoms with E-state index in [2.05, 4.69) is 10.6 Å². The Hall–Kier alpha value is -2.73. The van der Waals surface area contributed by atoms with E-state index in [0.29, 0.717) is 12.1 Å². The molecule has 2 N–H and O–H groups in total. The molecule has 0 heterocycles. The minimum absolute atomic E-state index is 0.115. The number of hydrogen-bond acceptors (Lipinski definition) is 3. The predicted octanol–water partition coefficient (Wildman–Crippen LogP) is 2.28. The molecule has 0 saturated heterocycles. The molecule has 0 fully saturated rings. The fraction of sp³-hybridized carbons (Fsp3) is 0.300. The Bertz CT molecular complexity index is 777. The van der Waals surface area contributed by atoms with Gasteiger partial charge in [0.25, 0.3) is 5.91 Å². The van der Waals surface area contributed by atoms with E-state index in [1.54, 1.807) is 18.2 Å². The Balaban J connectivity index is 1.89. The average molecular weight is 357 g/mol. The summed E-state index contributed by atoms with van der Waals surface area (Å²) in [5.74, 6) is -0.895. The molecule has 0 aliphatic rings. The molecule has 0 spiro atoms. The maximum atomic E-state index is 13.4. The van der Waals surface area contributed by atoms with Gasteiger partial charge in [-0.1, -0.05) is 30.3 Å². The standard InChI is InChI=1S/C20H24FN3O2/c1-14-7-4-5-10-17(14)20(26)23-13-19(25)22-12-18(24(2)3)15-8-6-9-16(21)11-15/h4-11,18H,12-13H2,1-3H3,(H,22,25)(H,23,26). The quantitative estimate of drug-likeness (QED) is 0.799. The fourth-order valence-corrected chi connectivity index (χ4v) is 2.67. The number of carbonyl (C=O) groups excluding carboxylic acids is 2. The minimum Gasteiger partial charge on any atom is -0.353 e. The monoisotopic (exact) mass is 357 g/mol. The molecule has 0 aromatic heterocycles. The molecule has 0 saturated carbocycles. The van der Waals surface area contributed by atoms with E-state index in [-0.39, 0.29) is 30.2 Å². The number of hydrogen-bond donors (Lipinski definition) is 2. The molecule has 26 heavy (non-hydrogen) atoms. The number of nitrogens with one attached hydrogen (secondary N) is 2. The highest BCUT2D eigenvalue weighted by atomic mass is 19.1. The van der Waals surface area contributed by atoms with Crippen LogP contribution in [0.4, 0.5) is 4.39 Å². The summed E-state index contributed by atoms with van der Waals surface area (Å²) in [6.45, 7) is 2.04. The van der Waals surface area contributed by atoms with E-state index < -0.39 is 0 Å². The molecular formula is C20H24FN3O2. The number of aryl methyl sites for hydroxylation is 1. The molecule has 0 aliphatic carbocycles. The second-order valence-electron chi connectivity index (χ2n) is 6.34. The highest BCUT2D eigenvalue weighted by Gasteiger charge is 2.16. The summed E-state index contributed by atoms with van der Waals surface area (Å²) in [5, 5.41) is 5.40. The van der Waals surface area contributed by atoms with Crippen LogP contribution < -0.4 is 10.6 Å². The first-order valence-corrected chi connectivity index (χ1v) is 8.41. The molecule has 0 radical (unpaired) electrons. The summed E-state index contributed by atoms with van der Waals surface area (Å²) in [6.07, 6.45) is 0. The molecule has 2 rings (SSSR count). The molecule has 6 heteroatoms. The maximum absolute atomic E-state index is 13.4. The summed E-state index contributed by atoms with van der Waals surface area (Å²) in [6, 6.07) is 13.3. The molecule has 0 aliphatic heterocycles. The van der Waals surface area contributed by atoms with Crippen molar-refractivity contribution in [3.8, 4) is 0 Å². The van der Waals surface area contributed by atoms with E-state index in [1.165, 1.54) is 12.1 Å². The van der Waals surface area contributed by atoms with Gasteiger partial charge in [-0.3, -0.25) is 9.59 Å². The average Bonchev–Trinajstić information content (AvgIpc) is 2.60. The molecule has 5 nitrogen and oxygen atoms in total. The van der Waals surface area contributed by atoms with Crippen LogP contribution in [0.2, 0.25) is 0 Å². The van der Waals surface area contributed by atoms with Gasteiger partial charge >= 0.3 is 0 Å². The summed E-state index contributed by atoms with van der Waals surface area (Å²) >= 11 is 0. The Labute approximate surface area is 153 Å². The number of rotatable bonds is 7. The van der Waals surface area contributed by atoms with Crippen LogP contribution in [0, 0.1) is 12.7 Å². The lowest BCUT2D eigenvalue weighted by molar-refractivity contribution is -0.120. The van der Waals surface area contributed by atoms with Gasteiger partial charge in [-0.25, -0.2) is 4.39 Å². The SMILES string of the molecule is Cc1ccccc1C(=O)NCC(=O)NCC(c1cccc(F)c1)N(C)C. The van der Waals surface area contributed by atoms with Gasteiger partial charge in [-0.15, -0.1) is 0 Å². The number of amides is 2. The Kier molecular flexibility index (Phi) is 6.86. The molecule has 2 aromatic rings. The topological polar surface area (TPSA) is 61.4 Å². The van der Waals surface area contributed by atoms with E-state index in [9.17, 15) is 14.0 Å². The van der Waals surface area contributed by atoms with Crippen LogP contribution in [0.5, 0.6) is 0 Å². The van der Waals surface area contributed by atoms with Crippen molar-refractivity contribution in [3.05, 3.63) is 71.0 Å². The van der Waals surface area contributed by atoms with Gasteiger partial charge in [0, 0.05) is 12.1 Å². The van der Waals surface area contributed by atoms with Gasteiger partial charge in [0.05, 0.1) is 12.6 Å². The highest BCUT2D eigenvalue weighted by Crippen LogP contribution is 2.18. The van der Waals surface area contributed by atoms with Crippen LogP contribution in [0.25, 0.3) is 0 Å². The first-order valence-electron chi connectivity index (χ1n) is 8.41. The van der Waals surface area contributed by atoms with Crippen molar-refractivity contribution < 1.29 is 14.0 Å². The van der Waals surface area contributed by atoms with Crippen LogP contribution in [0.15, 0.2) is 48.5 Å². The van der Waals surface area contributed by atoms with Crippen molar-refractivity contribution in [2.45, 2.75) is 13.0 Å². The summed E-state index contributed by atoms with van der Waals surface area (Å²) in [5.41, 5.74) is 2.18. The lowest BCUT2D eigenvalue weighted by Crippen LogP contribution is -2.40. The number of likely N-dealkylation sites (N-methyl/N-ethyl adjacent to an activating group) is 1. The van der Waals surface area contributed by atoms with Crippen LogP contribution in [0.3, 0.4) is 0 Å². The molecule has 138 valence electrons. The van der Waals surface area contributed by atoms with Crippen LogP contribution in [-0.4, -0.2) is 43.9 Å². The fourth-order valence-electron chi connectivity index (χ4n) is 2.67. The number of halogens is 1. The highest BCUT2D eigenvalue weighted by molar-refractivity contribution is 5.97. The lowest BCUT2D eigenvalue weighted by atomic mass is 10.1. The predicted molar refractivity (Wildman–Crippen MR) is 99.3 cm³/mol. The van der Waals surface area contributed by atoms with Crippen molar-refractivity contribution in [2.24, 2.45) is 0 Å². The number of nitrogens with zero attached hydrogens (tertiary/aromatic N) is 1. The second kappa shape index (κ2) is 9.10. The van der Waals surface area contributed by atoms with Gasteiger partial charge in [0.2, 0.25) is 5.91 Å². The zero-order valence-corrected chi connectivity index (χ0v) is 15.3. The zero-order chi connectivity index (χ0) is 19.1. The van der Waals surface area contributed by atoms with E-state index >= 15 is 0 Å². The van der Waals surface area contributed by atoms with Gasteiger partial charge < -0.3 is 15.5 Å². The zero-order valence-electron chi connectivity index (χ0n) is 15.3. The maximum Gasteiger partial charge on any atom is 0.251 e. The molecule has 2 aromatic carbocycles.